The van der Waals surface area contributed by atoms with Crippen molar-refractivity contribution in [3.63, 3.8) is 0 Å². The van der Waals surface area contributed by atoms with Gasteiger partial charge >= 0.3 is 0 Å². The van der Waals surface area contributed by atoms with Gasteiger partial charge in [0.05, 0.1) is 0 Å². The van der Waals surface area contributed by atoms with E-state index in [-0.39, 0.29) is 5.88 Å². The van der Waals surface area contributed by atoms with Gasteiger partial charge in [-0.25, -0.2) is 9.97 Å². The lowest BCUT2D eigenvalue weighted by molar-refractivity contribution is 0.457. The molecule has 0 aromatic carbocycles. The molecular weight excluding hydrogens is 154 g/mol. The zero-order valence-electron chi connectivity index (χ0n) is 6.38. The van der Waals surface area contributed by atoms with Crippen LogP contribution in [0.2, 0.25) is 0 Å². The van der Waals surface area contributed by atoms with Crippen molar-refractivity contribution in [2.45, 2.75) is 0 Å². The predicted molar refractivity (Wildman–Crippen MR) is 44.5 cm³/mol. The molecule has 0 atom stereocenters. The third-order valence-electron chi connectivity index (χ3n) is 1.06. The fourth-order valence-electron chi connectivity index (χ4n) is 0.574. The quantitative estimate of drug-likeness (QED) is 0.613. The average Bonchev–Trinajstić information content (AvgIpc) is 2.60. The van der Waals surface area contributed by atoms with Crippen LogP contribution in [0.15, 0.2) is 43.1 Å². The minimum atomic E-state index is 0.218. The van der Waals surface area contributed by atoms with E-state index < -0.39 is 0 Å². The zero-order valence-corrected chi connectivity index (χ0v) is 6.38. The van der Waals surface area contributed by atoms with Crippen LogP contribution < -0.4 is 0 Å². The van der Waals surface area contributed by atoms with Gasteiger partial charge in [0.25, 0.3) is 0 Å². The van der Waals surface area contributed by atoms with E-state index in [0.29, 0.717) is 0 Å². The highest BCUT2D eigenvalue weighted by molar-refractivity contribution is 5.06. The summed E-state index contributed by atoms with van der Waals surface area (Å²) in [7, 11) is 0. The second-order valence-electron chi connectivity index (χ2n) is 1.96. The highest BCUT2D eigenvalue weighted by atomic mass is 16.3. The van der Waals surface area contributed by atoms with Crippen LogP contribution >= 0.6 is 0 Å². The molecule has 0 aliphatic carbocycles. The Kier molecular flexibility index (Phi) is 3.37. The summed E-state index contributed by atoms with van der Waals surface area (Å²) in [4.78, 5) is 9.90. The number of aromatic hydroxyl groups is 1. The fourth-order valence-corrected chi connectivity index (χ4v) is 0.574. The summed E-state index contributed by atoms with van der Waals surface area (Å²) in [5, 5.41) is 8.42. The second kappa shape index (κ2) is 4.90. The normalized spacial score (nSPS) is 8.33. The third-order valence-corrected chi connectivity index (χ3v) is 1.06. The smallest absolute Gasteiger partial charge is 0.188 e. The van der Waals surface area contributed by atoms with E-state index in [9.17, 15) is 0 Å². The minimum absolute atomic E-state index is 0.218. The van der Waals surface area contributed by atoms with Crippen molar-refractivity contribution in [1.29, 1.82) is 0 Å². The molecule has 0 aliphatic heterocycles. The number of H-pyrrole nitrogens is 1. The van der Waals surface area contributed by atoms with Crippen LogP contribution in [0.4, 0.5) is 0 Å². The Labute approximate surface area is 69.9 Å². The van der Waals surface area contributed by atoms with E-state index in [4.69, 9.17) is 5.11 Å². The largest absolute Gasteiger partial charge is 0.495 e. The Morgan fingerprint density at radius 2 is 1.92 bits per heavy atom. The molecule has 0 spiro atoms. The van der Waals surface area contributed by atoms with Crippen molar-refractivity contribution in [2.24, 2.45) is 0 Å². The number of rotatable bonds is 0. The van der Waals surface area contributed by atoms with Crippen LogP contribution in [-0.4, -0.2) is 20.1 Å². The molecule has 2 N–H and O–H groups in total. The van der Waals surface area contributed by atoms with Gasteiger partial charge in [-0.2, -0.15) is 0 Å². The monoisotopic (exact) mass is 163 g/mol. The predicted octanol–water partition coefficient (Wildman–Crippen LogP) is 1.20. The van der Waals surface area contributed by atoms with Crippen molar-refractivity contribution in [3.05, 3.63) is 43.1 Å². The maximum absolute atomic E-state index is 8.42. The molecule has 0 radical (unpaired) electrons. The molecule has 0 saturated heterocycles. The molecule has 62 valence electrons. The lowest BCUT2D eigenvalue weighted by Crippen LogP contribution is -1.66. The van der Waals surface area contributed by atoms with Crippen molar-refractivity contribution >= 4 is 0 Å². The highest BCUT2D eigenvalue weighted by Gasteiger charge is 1.75. The van der Waals surface area contributed by atoms with E-state index in [1.165, 1.54) is 6.33 Å². The zero-order chi connectivity index (χ0) is 8.65. The summed E-state index contributed by atoms with van der Waals surface area (Å²) in [6.45, 7) is 0. The van der Waals surface area contributed by atoms with Crippen LogP contribution in [0.5, 0.6) is 5.88 Å². The van der Waals surface area contributed by atoms with Gasteiger partial charge in [-0.15, -0.1) is 0 Å². The molecule has 12 heavy (non-hydrogen) atoms. The summed E-state index contributed by atoms with van der Waals surface area (Å²) in [5.74, 6) is 0.218. The standard InChI is InChI=1S/C4H4N2.C4H5NO/c1-2-5-4-6-3-1;6-4-2-1-3-5-4/h1-4H;1-3,5-6H. The number of hydrogen-bond acceptors (Lipinski definition) is 3. The van der Waals surface area contributed by atoms with Crippen LogP contribution in [0.1, 0.15) is 0 Å². The van der Waals surface area contributed by atoms with Gasteiger partial charge < -0.3 is 10.1 Å². The Bertz CT molecular complexity index is 254. The number of hydrogen-bond donors (Lipinski definition) is 2. The van der Waals surface area contributed by atoms with Crippen molar-refractivity contribution < 1.29 is 5.11 Å². The molecule has 0 bridgehead atoms. The SMILES string of the molecule is Oc1ccc[nH]1.c1cncnc1. The van der Waals surface area contributed by atoms with Crippen LogP contribution in [0.25, 0.3) is 0 Å². The molecule has 4 heteroatoms. The highest BCUT2D eigenvalue weighted by Crippen LogP contribution is 1.97. The van der Waals surface area contributed by atoms with E-state index in [0.717, 1.165) is 0 Å². The van der Waals surface area contributed by atoms with Crippen LogP contribution in [0.3, 0.4) is 0 Å². The lowest BCUT2D eigenvalue weighted by Gasteiger charge is -1.71. The molecule has 0 amide bonds. The lowest BCUT2D eigenvalue weighted by atomic mass is 10.7. The molecule has 2 rings (SSSR count). The van der Waals surface area contributed by atoms with Crippen LogP contribution in [-0.2, 0) is 0 Å². The van der Waals surface area contributed by atoms with E-state index in [1.807, 2.05) is 0 Å². The van der Waals surface area contributed by atoms with Gasteiger partial charge in [0.15, 0.2) is 5.88 Å². The molecular formula is C8H9N3O. The average molecular weight is 163 g/mol. The molecule has 0 fully saturated rings. The van der Waals surface area contributed by atoms with Crippen molar-refractivity contribution in [3.8, 4) is 5.88 Å². The first-order valence-corrected chi connectivity index (χ1v) is 3.42. The first-order chi connectivity index (χ1) is 5.89. The summed E-state index contributed by atoms with van der Waals surface area (Å²) in [6, 6.07) is 5.09. The third kappa shape index (κ3) is 3.36. The molecule has 2 aromatic heterocycles. The number of nitrogens with one attached hydrogen (secondary N) is 1. The number of nitrogens with zero attached hydrogens (tertiary/aromatic N) is 2. The Morgan fingerprint density at radius 1 is 1.17 bits per heavy atom. The molecule has 4 nitrogen and oxygen atoms in total. The van der Waals surface area contributed by atoms with Gasteiger partial charge in [0, 0.05) is 18.6 Å². The molecule has 0 aliphatic rings. The first-order valence-electron chi connectivity index (χ1n) is 3.42. The minimum Gasteiger partial charge on any atom is -0.495 e. The summed E-state index contributed by atoms with van der Waals surface area (Å²) >= 11 is 0. The molecule has 0 saturated carbocycles. The van der Waals surface area contributed by atoms with Crippen molar-refractivity contribution in [1.82, 2.24) is 15.0 Å². The van der Waals surface area contributed by atoms with E-state index >= 15 is 0 Å². The van der Waals surface area contributed by atoms with Crippen molar-refractivity contribution in [2.75, 3.05) is 0 Å². The first kappa shape index (κ1) is 8.26. The van der Waals surface area contributed by atoms with E-state index in [2.05, 4.69) is 15.0 Å². The number of aromatic nitrogens is 3. The summed E-state index contributed by atoms with van der Waals surface area (Å²) < 4.78 is 0. The maximum atomic E-state index is 8.42. The van der Waals surface area contributed by atoms with Gasteiger partial charge in [-0.3, -0.25) is 0 Å². The topological polar surface area (TPSA) is 61.8 Å². The Balaban J connectivity index is 0.000000120. The molecule has 0 unspecified atom stereocenters. The van der Waals surface area contributed by atoms with Crippen LogP contribution in [0, 0.1) is 0 Å². The van der Waals surface area contributed by atoms with Gasteiger partial charge in [-0.05, 0) is 18.2 Å². The Hall–Kier alpha value is -1.84. The second-order valence-corrected chi connectivity index (χ2v) is 1.96. The number of aromatic amines is 1. The fraction of sp³-hybridized carbons (Fsp3) is 0. The van der Waals surface area contributed by atoms with Gasteiger partial charge in [0.2, 0.25) is 0 Å². The molecule has 2 heterocycles. The van der Waals surface area contributed by atoms with Gasteiger partial charge in [0.1, 0.15) is 6.33 Å². The Morgan fingerprint density at radius 3 is 2.08 bits per heavy atom. The molecule has 2 aromatic rings. The van der Waals surface area contributed by atoms with E-state index in [1.54, 1.807) is 36.8 Å². The summed E-state index contributed by atoms with van der Waals surface area (Å²) in [5.41, 5.74) is 0. The summed E-state index contributed by atoms with van der Waals surface area (Å²) in [6.07, 6.45) is 6.54. The maximum Gasteiger partial charge on any atom is 0.188 e. The van der Waals surface area contributed by atoms with Gasteiger partial charge in [-0.1, -0.05) is 0 Å².